The molecule has 1 aromatic heterocycles. The highest BCUT2D eigenvalue weighted by Gasteiger charge is 2.16. The third kappa shape index (κ3) is 5.67. The maximum Gasteiger partial charge on any atom is 0.259 e. The van der Waals surface area contributed by atoms with E-state index < -0.39 is 5.91 Å². The summed E-state index contributed by atoms with van der Waals surface area (Å²) < 4.78 is 12.3. The number of halogens is 2. The van der Waals surface area contributed by atoms with E-state index in [0.29, 0.717) is 50.5 Å². The molecule has 0 spiro atoms. The van der Waals surface area contributed by atoms with Crippen LogP contribution < -0.4 is 20.1 Å². The molecule has 1 aliphatic rings. The average Bonchev–Trinajstić information content (AvgIpc) is 3.21. The Morgan fingerprint density at radius 1 is 1.10 bits per heavy atom. The lowest BCUT2D eigenvalue weighted by molar-refractivity contribution is -0.113. The lowest BCUT2D eigenvalue weighted by Crippen LogP contribution is -2.17. The number of rotatable bonds is 6. The first kappa shape index (κ1) is 21.9. The monoisotopic (exact) mass is 540 g/mol. The van der Waals surface area contributed by atoms with Crippen molar-refractivity contribution in [3.63, 3.8) is 0 Å². The number of fused-ring (bicyclic) bond motifs is 1. The zero-order chi connectivity index (χ0) is 21.8. The van der Waals surface area contributed by atoms with Crippen molar-refractivity contribution >= 4 is 73.3 Å². The van der Waals surface area contributed by atoms with Gasteiger partial charge in [0.1, 0.15) is 13.2 Å². The van der Waals surface area contributed by atoms with Crippen LogP contribution in [-0.2, 0) is 4.79 Å². The Hall–Kier alpha value is -2.34. The number of nitrogens with zero attached hydrogens (tertiary/aromatic N) is 2. The Kier molecular flexibility index (Phi) is 6.96. The van der Waals surface area contributed by atoms with Crippen LogP contribution in [0.15, 0.2) is 45.2 Å². The molecular formula is C19H14BrClN4O4S2. The Morgan fingerprint density at radius 3 is 2.74 bits per heavy atom. The number of hydrogen-bond donors (Lipinski definition) is 2. The smallest absolute Gasteiger partial charge is 0.259 e. The standard InChI is InChI=1S/C19H14BrClN4O4S2/c20-10-1-3-13(21)12(7-10)17(27)23-18-24-25-19(31-18)30-9-16(26)22-11-2-4-14-15(8-11)29-6-5-28-14/h1-4,7-8H,5-6,9H2,(H,22,26)(H,23,24,27). The number of benzene rings is 2. The minimum absolute atomic E-state index is 0.133. The number of thioether (sulfide) groups is 1. The van der Waals surface area contributed by atoms with Crippen molar-refractivity contribution in [2.45, 2.75) is 4.34 Å². The van der Waals surface area contributed by atoms with Crippen LogP contribution in [0.1, 0.15) is 10.4 Å². The fourth-order valence-corrected chi connectivity index (χ4v) is 4.71. The van der Waals surface area contributed by atoms with E-state index in [9.17, 15) is 9.59 Å². The number of ether oxygens (including phenoxy) is 2. The van der Waals surface area contributed by atoms with Gasteiger partial charge in [-0.25, -0.2) is 0 Å². The molecule has 0 saturated heterocycles. The largest absolute Gasteiger partial charge is 0.486 e. The number of hydrogen-bond acceptors (Lipinski definition) is 8. The third-order valence-corrected chi connectivity index (χ3v) is 6.75. The molecule has 2 aromatic carbocycles. The highest BCUT2D eigenvalue weighted by Crippen LogP contribution is 2.33. The third-order valence-electron chi connectivity index (χ3n) is 3.95. The Balaban J connectivity index is 1.30. The van der Waals surface area contributed by atoms with E-state index in [2.05, 4.69) is 36.8 Å². The van der Waals surface area contributed by atoms with Gasteiger partial charge in [-0.3, -0.25) is 14.9 Å². The summed E-state index contributed by atoms with van der Waals surface area (Å²) >= 11 is 11.8. The van der Waals surface area contributed by atoms with Gasteiger partial charge in [0.05, 0.1) is 16.3 Å². The van der Waals surface area contributed by atoms with E-state index in [1.165, 1.54) is 23.1 Å². The zero-order valence-corrected chi connectivity index (χ0v) is 19.7. The van der Waals surface area contributed by atoms with Crippen LogP contribution >= 0.6 is 50.6 Å². The summed E-state index contributed by atoms with van der Waals surface area (Å²) in [5, 5.41) is 14.1. The lowest BCUT2D eigenvalue weighted by Gasteiger charge is -2.18. The second-order valence-corrected chi connectivity index (χ2v) is 9.67. The number of nitrogens with one attached hydrogen (secondary N) is 2. The molecule has 12 heteroatoms. The maximum atomic E-state index is 12.4. The number of carbonyl (C=O) groups excluding carboxylic acids is 2. The van der Waals surface area contributed by atoms with Crippen LogP contribution in [-0.4, -0.2) is 41.0 Å². The molecule has 2 amide bonds. The van der Waals surface area contributed by atoms with E-state index >= 15 is 0 Å². The molecule has 2 N–H and O–H groups in total. The molecule has 0 bridgehead atoms. The normalized spacial score (nSPS) is 12.3. The molecule has 0 unspecified atom stereocenters. The van der Waals surface area contributed by atoms with Crippen molar-refractivity contribution in [3.8, 4) is 11.5 Å². The molecule has 160 valence electrons. The summed E-state index contributed by atoms with van der Waals surface area (Å²) in [6, 6.07) is 10.2. The van der Waals surface area contributed by atoms with Crippen molar-refractivity contribution in [2.75, 3.05) is 29.6 Å². The van der Waals surface area contributed by atoms with Crippen LogP contribution in [0.4, 0.5) is 10.8 Å². The van der Waals surface area contributed by atoms with Gasteiger partial charge in [0.15, 0.2) is 15.8 Å². The SMILES string of the molecule is O=C(CSc1nnc(NC(=O)c2cc(Br)ccc2Cl)s1)Nc1ccc2c(c1)OCCO2. The summed E-state index contributed by atoms with van der Waals surface area (Å²) in [6.07, 6.45) is 0. The Labute approximate surface area is 198 Å². The van der Waals surface area contributed by atoms with Crippen LogP contribution in [0.25, 0.3) is 0 Å². The first-order valence-electron chi connectivity index (χ1n) is 8.90. The van der Waals surface area contributed by atoms with Crippen molar-refractivity contribution < 1.29 is 19.1 Å². The predicted molar refractivity (Wildman–Crippen MR) is 124 cm³/mol. The molecule has 31 heavy (non-hydrogen) atoms. The summed E-state index contributed by atoms with van der Waals surface area (Å²) in [4.78, 5) is 24.7. The van der Waals surface area contributed by atoms with Crippen molar-refractivity contribution in [1.82, 2.24) is 10.2 Å². The van der Waals surface area contributed by atoms with Crippen LogP contribution in [0.2, 0.25) is 5.02 Å². The first-order valence-corrected chi connectivity index (χ1v) is 11.9. The first-order chi connectivity index (χ1) is 15.0. The van der Waals surface area contributed by atoms with Gasteiger partial charge in [-0.2, -0.15) is 0 Å². The van der Waals surface area contributed by atoms with Crippen LogP contribution in [0, 0.1) is 0 Å². The molecule has 0 fully saturated rings. The molecule has 0 aliphatic carbocycles. The topological polar surface area (TPSA) is 102 Å². The number of anilines is 2. The van der Waals surface area contributed by atoms with Gasteiger partial charge in [0.25, 0.3) is 5.91 Å². The molecule has 2 heterocycles. The highest BCUT2D eigenvalue weighted by molar-refractivity contribution is 9.10. The van der Waals surface area contributed by atoms with E-state index in [1.807, 2.05) is 0 Å². The fourth-order valence-electron chi connectivity index (χ4n) is 2.60. The van der Waals surface area contributed by atoms with Gasteiger partial charge in [-0.1, -0.05) is 50.6 Å². The van der Waals surface area contributed by atoms with Gasteiger partial charge in [-0.15, -0.1) is 10.2 Å². The minimum atomic E-state index is -0.393. The van der Waals surface area contributed by atoms with Crippen molar-refractivity contribution in [3.05, 3.63) is 51.5 Å². The average molecular weight is 542 g/mol. The Bertz CT molecular complexity index is 1140. The molecular weight excluding hydrogens is 528 g/mol. The van der Waals surface area contributed by atoms with Crippen LogP contribution in [0.3, 0.4) is 0 Å². The van der Waals surface area contributed by atoms with Gasteiger partial charge in [0.2, 0.25) is 11.0 Å². The van der Waals surface area contributed by atoms with E-state index in [1.54, 1.807) is 36.4 Å². The molecule has 0 radical (unpaired) electrons. The molecule has 4 rings (SSSR count). The van der Waals surface area contributed by atoms with Crippen molar-refractivity contribution in [1.29, 1.82) is 0 Å². The summed E-state index contributed by atoms with van der Waals surface area (Å²) in [5.74, 6) is 0.797. The summed E-state index contributed by atoms with van der Waals surface area (Å²) in [5.41, 5.74) is 0.935. The minimum Gasteiger partial charge on any atom is -0.486 e. The van der Waals surface area contributed by atoms with Crippen LogP contribution in [0.5, 0.6) is 11.5 Å². The molecule has 1 aliphatic heterocycles. The summed E-state index contributed by atoms with van der Waals surface area (Å²) in [6.45, 7) is 0.986. The highest BCUT2D eigenvalue weighted by atomic mass is 79.9. The molecule has 0 atom stereocenters. The fraction of sp³-hybridized carbons (Fsp3) is 0.158. The number of aromatic nitrogens is 2. The lowest BCUT2D eigenvalue weighted by atomic mass is 10.2. The molecule has 8 nitrogen and oxygen atoms in total. The Morgan fingerprint density at radius 2 is 1.90 bits per heavy atom. The van der Waals surface area contributed by atoms with E-state index in [-0.39, 0.29) is 11.7 Å². The molecule has 3 aromatic rings. The second kappa shape index (κ2) is 9.86. The van der Waals surface area contributed by atoms with Gasteiger partial charge in [-0.05, 0) is 30.3 Å². The quantitative estimate of drug-likeness (QED) is 0.344. The van der Waals surface area contributed by atoms with Gasteiger partial charge >= 0.3 is 0 Å². The van der Waals surface area contributed by atoms with Crippen molar-refractivity contribution in [2.24, 2.45) is 0 Å². The van der Waals surface area contributed by atoms with Gasteiger partial charge in [0, 0.05) is 16.2 Å². The van der Waals surface area contributed by atoms with E-state index in [0.717, 1.165) is 4.47 Å². The predicted octanol–water partition coefficient (Wildman–Crippen LogP) is 4.71. The number of carbonyl (C=O) groups is 2. The maximum absolute atomic E-state index is 12.4. The van der Waals surface area contributed by atoms with Gasteiger partial charge < -0.3 is 14.8 Å². The zero-order valence-electron chi connectivity index (χ0n) is 15.7. The second-order valence-electron chi connectivity index (χ2n) is 6.15. The molecule has 0 saturated carbocycles. The van der Waals surface area contributed by atoms with E-state index in [4.69, 9.17) is 21.1 Å². The number of amides is 2. The summed E-state index contributed by atoms with van der Waals surface area (Å²) in [7, 11) is 0.